The highest BCUT2D eigenvalue weighted by Crippen LogP contribution is 2.14. The van der Waals surface area contributed by atoms with E-state index < -0.39 is 23.9 Å². The molecule has 6 nitrogen and oxygen atoms in total. The van der Waals surface area contributed by atoms with Gasteiger partial charge in [-0.25, -0.2) is 0 Å². The first-order valence-corrected chi connectivity index (χ1v) is 5.46. The van der Waals surface area contributed by atoms with E-state index in [2.05, 4.69) is 0 Å². The molecule has 0 aliphatic rings. The number of aliphatic hydroxyl groups is 1. The van der Waals surface area contributed by atoms with E-state index in [9.17, 15) is 14.7 Å². The molecular weight excluding hydrogens is 226 g/mol. The topological polar surface area (TPSA) is 87.1 Å². The Kier molecular flexibility index (Phi) is 6.75. The average Bonchev–Trinajstić information content (AvgIpc) is 2.25. The van der Waals surface area contributed by atoms with Gasteiger partial charge < -0.3 is 19.8 Å². The summed E-state index contributed by atoms with van der Waals surface area (Å²) < 4.78 is 4.75. The van der Waals surface area contributed by atoms with E-state index in [4.69, 9.17) is 9.84 Å². The van der Waals surface area contributed by atoms with Crippen LogP contribution in [0.25, 0.3) is 0 Å². The number of ether oxygens (including phenoxy) is 1. The Bertz CT molecular complexity index is 269. The van der Waals surface area contributed by atoms with Crippen molar-refractivity contribution in [3.63, 3.8) is 0 Å². The molecule has 0 aromatic rings. The van der Waals surface area contributed by atoms with E-state index in [1.54, 1.807) is 6.92 Å². The maximum Gasteiger partial charge on any atom is 0.307 e. The summed E-state index contributed by atoms with van der Waals surface area (Å²) in [4.78, 5) is 23.9. The van der Waals surface area contributed by atoms with E-state index >= 15 is 0 Å². The highest BCUT2D eigenvalue weighted by Gasteiger charge is 2.28. The summed E-state index contributed by atoms with van der Waals surface area (Å²) in [6, 6.07) is 0. The van der Waals surface area contributed by atoms with Gasteiger partial charge in [-0.3, -0.25) is 9.59 Å². The third-order valence-corrected chi connectivity index (χ3v) is 2.75. The van der Waals surface area contributed by atoms with Crippen molar-refractivity contribution in [1.82, 2.24) is 4.90 Å². The van der Waals surface area contributed by atoms with Crippen LogP contribution in [0.4, 0.5) is 0 Å². The van der Waals surface area contributed by atoms with Gasteiger partial charge in [0.1, 0.15) is 0 Å². The Morgan fingerprint density at radius 2 is 1.82 bits per heavy atom. The average molecular weight is 247 g/mol. The van der Waals surface area contributed by atoms with Crippen LogP contribution >= 0.6 is 0 Å². The van der Waals surface area contributed by atoms with Gasteiger partial charge in [0.25, 0.3) is 0 Å². The van der Waals surface area contributed by atoms with Gasteiger partial charge in [0.15, 0.2) is 0 Å². The number of carbonyl (C=O) groups excluding carboxylic acids is 1. The molecule has 6 heteroatoms. The second kappa shape index (κ2) is 7.24. The number of carbonyl (C=O) groups is 2. The van der Waals surface area contributed by atoms with Crippen molar-refractivity contribution in [3.05, 3.63) is 0 Å². The van der Waals surface area contributed by atoms with E-state index in [0.717, 1.165) is 0 Å². The molecule has 0 bridgehead atoms. The molecule has 3 atom stereocenters. The number of hydrogen-bond acceptors (Lipinski definition) is 4. The normalized spacial score (nSPS) is 16.1. The third-order valence-electron chi connectivity index (χ3n) is 2.75. The molecule has 17 heavy (non-hydrogen) atoms. The minimum atomic E-state index is -1.00. The number of rotatable bonds is 7. The first-order valence-electron chi connectivity index (χ1n) is 5.46. The largest absolute Gasteiger partial charge is 0.481 e. The van der Waals surface area contributed by atoms with Gasteiger partial charge in [0.2, 0.25) is 5.91 Å². The van der Waals surface area contributed by atoms with E-state index in [1.165, 1.54) is 26.0 Å². The Hall–Kier alpha value is -1.14. The first-order chi connectivity index (χ1) is 7.81. The van der Waals surface area contributed by atoms with Gasteiger partial charge in [-0.1, -0.05) is 13.8 Å². The van der Waals surface area contributed by atoms with E-state index in [1.807, 2.05) is 0 Å². The van der Waals surface area contributed by atoms with Gasteiger partial charge >= 0.3 is 5.97 Å². The fourth-order valence-electron chi connectivity index (χ4n) is 1.43. The Labute approximate surface area is 101 Å². The van der Waals surface area contributed by atoms with Crippen LogP contribution in [0.5, 0.6) is 0 Å². The molecule has 0 saturated heterocycles. The standard InChI is InChI=1S/C11H21NO5/c1-7(8(2)11(15)16)10(14)12(3)5-9(13)6-17-4/h7-9,13H,5-6H2,1-4H3,(H,15,16). The lowest BCUT2D eigenvalue weighted by Crippen LogP contribution is -2.41. The molecule has 0 fully saturated rings. The lowest BCUT2D eigenvalue weighted by Gasteiger charge is -2.25. The van der Waals surface area contributed by atoms with E-state index in [0.29, 0.717) is 0 Å². The molecule has 0 spiro atoms. The number of amides is 1. The minimum Gasteiger partial charge on any atom is -0.481 e. The van der Waals surface area contributed by atoms with Gasteiger partial charge in [-0.05, 0) is 0 Å². The molecular formula is C11H21NO5. The quantitative estimate of drug-likeness (QED) is 0.651. The lowest BCUT2D eigenvalue weighted by atomic mass is 9.95. The number of carboxylic acid groups (broad SMARTS) is 1. The molecule has 3 unspecified atom stereocenters. The van der Waals surface area contributed by atoms with Crippen LogP contribution in [0.15, 0.2) is 0 Å². The Morgan fingerprint density at radius 3 is 2.24 bits per heavy atom. The number of methoxy groups -OCH3 is 1. The molecule has 0 heterocycles. The van der Waals surface area contributed by atoms with Crippen LogP contribution in [0.2, 0.25) is 0 Å². The summed E-state index contributed by atoms with van der Waals surface area (Å²) in [5.41, 5.74) is 0. The predicted octanol–water partition coefficient (Wildman–Crippen LogP) is -0.191. The van der Waals surface area contributed by atoms with E-state index in [-0.39, 0.29) is 19.1 Å². The van der Waals surface area contributed by atoms with Crippen molar-refractivity contribution in [2.75, 3.05) is 27.3 Å². The molecule has 0 aliphatic heterocycles. The van der Waals surface area contributed by atoms with Crippen LogP contribution in [0.3, 0.4) is 0 Å². The molecule has 0 radical (unpaired) electrons. The number of aliphatic hydroxyl groups excluding tert-OH is 1. The van der Waals surface area contributed by atoms with Crippen LogP contribution in [0, 0.1) is 11.8 Å². The summed E-state index contributed by atoms with van der Waals surface area (Å²) in [7, 11) is 2.99. The Balaban J connectivity index is 4.34. The molecule has 0 saturated carbocycles. The minimum absolute atomic E-state index is 0.128. The molecule has 0 rings (SSSR count). The van der Waals surface area contributed by atoms with Gasteiger partial charge in [0.05, 0.1) is 18.6 Å². The highest BCUT2D eigenvalue weighted by atomic mass is 16.5. The lowest BCUT2D eigenvalue weighted by molar-refractivity contribution is -0.149. The highest BCUT2D eigenvalue weighted by molar-refractivity contribution is 5.84. The zero-order chi connectivity index (χ0) is 13.6. The number of hydrogen-bond donors (Lipinski definition) is 2. The monoisotopic (exact) mass is 247 g/mol. The Morgan fingerprint density at radius 1 is 1.29 bits per heavy atom. The van der Waals surface area contributed by atoms with Gasteiger partial charge in [-0.2, -0.15) is 0 Å². The van der Waals surface area contributed by atoms with Gasteiger partial charge in [-0.15, -0.1) is 0 Å². The van der Waals surface area contributed by atoms with Gasteiger partial charge in [0, 0.05) is 26.6 Å². The summed E-state index contributed by atoms with van der Waals surface area (Å²) in [5, 5.41) is 18.3. The van der Waals surface area contributed by atoms with Crippen molar-refractivity contribution in [2.24, 2.45) is 11.8 Å². The van der Waals surface area contributed by atoms with Crippen molar-refractivity contribution < 1.29 is 24.5 Å². The number of likely N-dealkylation sites (N-methyl/N-ethyl adjacent to an activating group) is 1. The third kappa shape index (κ3) is 5.14. The fourth-order valence-corrected chi connectivity index (χ4v) is 1.43. The molecule has 0 aromatic carbocycles. The fraction of sp³-hybridized carbons (Fsp3) is 0.818. The molecule has 0 aliphatic carbocycles. The van der Waals surface area contributed by atoms with Crippen molar-refractivity contribution >= 4 is 11.9 Å². The molecule has 100 valence electrons. The SMILES string of the molecule is COCC(O)CN(C)C(=O)C(C)C(C)C(=O)O. The second-order valence-electron chi connectivity index (χ2n) is 4.24. The van der Waals surface area contributed by atoms with Crippen molar-refractivity contribution in [2.45, 2.75) is 20.0 Å². The number of aliphatic carboxylic acids is 1. The molecule has 0 aromatic heterocycles. The number of carboxylic acids is 1. The summed E-state index contributed by atoms with van der Waals surface area (Å²) in [6.07, 6.45) is -0.763. The first kappa shape index (κ1) is 15.9. The number of nitrogens with zero attached hydrogens (tertiary/aromatic N) is 1. The van der Waals surface area contributed by atoms with Crippen LogP contribution in [0.1, 0.15) is 13.8 Å². The summed E-state index contributed by atoms with van der Waals surface area (Å²) in [6.45, 7) is 3.33. The maximum absolute atomic E-state index is 11.8. The predicted molar refractivity (Wildman–Crippen MR) is 61.5 cm³/mol. The zero-order valence-corrected chi connectivity index (χ0v) is 10.7. The molecule has 1 amide bonds. The smallest absolute Gasteiger partial charge is 0.307 e. The second-order valence-corrected chi connectivity index (χ2v) is 4.24. The van der Waals surface area contributed by atoms with Crippen molar-refractivity contribution in [3.8, 4) is 0 Å². The summed E-state index contributed by atoms with van der Waals surface area (Å²) >= 11 is 0. The van der Waals surface area contributed by atoms with Crippen LogP contribution in [-0.4, -0.2) is 60.4 Å². The van der Waals surface area contributed by atoms with Crippen LogP contribution < -0.4 is 0 Å². The zero-order valence-electron chi connectivity index (χ0n) is 10.7. The van der Waals surface area contributed by atoms with Crippen molar-refractivity contribution in [1.29, 1.82) is 0 Å². The molecule has 2 N–H and O–H groups in total. The van der Waals surface area contributed by atoms with Crippen LogP contribution in [-0.2, 0) is 14.3 Å². The maximum atomic E-state index is 11.8. The summed E-state index contributed by atoms with van der Waals surface area (Å²) in [5.74, 6) is -2.66.